The van der Waals surface area contributed by atoms with Gasteiger partial charge in [0, 0.05) is 23.9 Å². The van der Waals surface area contributed by atoms with Gasteiger partial charge in [0.1, 0.15) is 44.8 Å². The van der Waals surface area contributed by atoms with Crippen LogP contribution in [0.3, 0.4) is 0 Å². The molecule has 0 atom stereocenters. The van der Waals surface area contributed by atoms with E-state index in [-0.39, 0.29) is 47.9 Å². The molecule has 0 aliphatic heterocycles. The van der Waals surface area contributed by atoms with Gasteiger partial charge in [0.05, 0.1) is 25.7 Å². The molecule has 0 unspecified atom stereocenters. The van der Waals surface area contributed by atoms with Gasteiger partial charge in [0.2, 0.25) is 10.0 Å². The first-order valence-corrected chi connectivity index (χ1v) is 17.6. The molecule has 3 aromatic carbocycles. The molecule has 2 N–H and O–H groups in total. The van der Waals surface area contributed by atoms with Gasteiger partial charge in [-0.15, -0.1) is 0 Å². The minimum Gasteiger partial charge on any atom is -0.495 e. The Hall–Kier alpha value is -4.21. The molecule has 0 amide bonds. The van der Waals surface area contributed by atoms with Crippen LogP contribution in [0.2, 0.25) is 0 Å². The number of sulfone groups is 1. The predicted octanol–water partition coefficient (Wildman–Crippen LogP) is 4.76. The second-order valence-electron chi connectivity index (χ2n) is 10.9. The Morgan fingerprint density at radius 2 is 1.32 bits per heavy atom. The summed E-state index contributed by atoms with van der Waals surface area (Å²) in [6, 6.07) is 2.52. The van der Waals surface area contributed by atoms with Gasteiger partial charge in [-0.2, -0.15) is 0 Å². The van der Waals surface area contributed by atoms with Gasteiger partial charge < -0.3 is 24.1 Å². The second-order valence-corrected chi connectivity index (χ2v) is 14.6. The van der Waals surface area contributed by atoms with Gasteiger partial charge in [0.15, 0.2) is 9.84 Å². The van der Waals surface area contributed by atoms with Crippen LogP contribution in [0, 0.1) is 47.4 Å². The molecule has 0 radical (unpaired) electrons. The molecule has 12 nitrogen and oxygen atoms in total. The zero-order chi connectivity index (χ0) is 35.6. The number of rotatable bonds is 13. The SMILES string of the molecule is COc1c(C)c(OC(=O)c2c(C)c(C)c(OCCCNS(=O)(=O)c3ccc(F)c(S(C)(=O)=O)c3)c(C)c2OC)c(C)c(C)c1C(=O)O. The number of carboxylic acids is 1. The number of ether oxygens (including phenoxy) is 4. The molecule has 3 aromatic rings. The lowest BCUT2D eigenvalue weighted by Crippen LogP contribution is -2.26. The van der Waals surface area contributed by atoms with E-state index < -0.39 is 47.4 Å². The molecular weight excluding hydrogens is 657 g/mol. The normalized spacial score (nSPS) is 11.7. The van der Waals surface area contributed by atoms with Gasteiger partial charge in [-0.3, -0.25) is 0 Å². The Bertz CT molecular complexity index is 1970. The Kier molecular flexibility index (Phi) is 11.3. The third-order valence-corrected chi connectivity index (χ3v) is 10.4. The number of aromatic carboxylic acids is 1. The van der Waals surface area contributed by atoms with E-state index in [0.29, 0.717) is 39.1 Å². The number of sulfonamides is 1. The lowest BCUT2D eigenvalue weighted by atomic mass is 9.96. The third-order valence-electron chi connectivity index (χ3n) is 7.87. The molecule has 0 fully saturated rings. The van der Waals surface area contributed by atoms with Crippen LogP contribution in [0.5, 0.6) is 23.0 Å². The summed E-state index contributed by atoms with van der Waals surface area (Å²) in [4.78, 5) is 24.4. The molecule has 0 bridgehead atoms. The Labute approximate surface area is 273 Å². The fourth-order valence-electron chi connectivity index (χ4n) is 5.20. The molecule has 0 aliphatic carbocycles. The van der Waals surface area contributed by atoms with E-state index in [1.54, 1.807) is 41.5 Å². The molecule has 15 heteroatoms. The van der Waals surface area contributed by atoms with Crippen molar-refractivity contribution in [2.24, 2.45) is 0 Å². The zero-order valence-electron chi connectivity index (χ0n) is 27.6. The number of carbonyl (C=O) groups excluding carboxylic acids is 1. The molecule has 47 heavy (non-hydrogen) atoms. The summed E-state index contributed by atoms with van der Waals surface area (Å²) in [7, 11) is -5.40. The zero-order valence-corrected chi connectivity index (χ0v) is 29.2. The number of halogens is 1. The number of methoxy groups -OCH3 is 2. The fraction of sp³-hybridized carbons (Fsp3) is 0.375. The van der Waals surface area contributed by atoms with Gasteiger partial charge >= 0.3 is 11.9 Å². The van der Waals surface area contributed by atoms with Crippen molar-refractivity contribution in [3.8, 4) is 23.0 Å². The highest BCUT2D eigenvalue weighted by molar-refractivity contribution is 7.91. The van der Waals surface area contributed by atoms with E-state index in [4.69, 9.17) is 18.9 Å². The maximum absolute atomic E-state index is 13.9. The Morgan fingerprint density at radius 3 is 1.87 bits per heavy atom. The standard InChI is InChI=1S/C32H38FNO11S2/c1-16-19(4)28(21(6)29(42-7)25(16)31(35)36)45-32(37)26-17(2)18(3)27(20(5)30(26)43-8)44-14-10-13-34-47(40,41)22-11-12-23(33)24(15-22)46(9,38)39/h11-12,15,34H,10,13-14H2,1-9H3,(H,35,36). The summed E-state index contributed by atoms with van der Waals surface area (Å²) in [6.07, 6.45) is 0.986. The summed E-state index contributed by atoms with van der Waals surface area (Å²) in [6.45, 7) is 9.98. The predicted molar refractivity (Wildman–Crippen MR) is 171 cm³/mol. The van der Waals surface area contributed by atoms with Gasteiger partial charge in [-0.05, 0) is 88.4 Å². The van der Waals surface area contributed by atoms with Crippen molar-refractivity contribution >= 4 is 31.8 Å². The van der Waals surface area contributed by atoms with Gasteiger partial charge in [-0.25, -0.2) is 35.5 Å². The van der Waals surface area contributed by atoms with Crippen molar-refractivity contribution in [3.63, 3.8) is 0 Å². The fourth-order valence-corrected chi connectivity index (χ4v) is 7.14. The van der Waals surface area contributed by atoms with Crippen molar-refractivity contribution in [1.29, 1.82) is 0 Å². The lowest BCUT2D eigenvalue weighted by molar-refractivity contribution is 0.0691. The van der Waals surface area contributed by atoms with E-state index in [2.05, 4.69) is 4.72 Å². The second kappa shape index (κ2) is 14.3. The van der Waals surface area contributed by atoms with Crippen LogP contribution < -0.4 is 23.7 Å². The molecule has 0 spiro atoms. The van der Waals surface area contributed by atoms with Crippen molar-refractivity contribution in [2.75, 3.05) is 33.6 Å². The number of hydrogen-bond acceptors (Lipinski definition) is 10. The molecular formula is C32H38FNO11S2. The lowest BCUT2D eigenvalue weighted by Gasteiger charge is -2.22. The smallest absolute Gasteiger partial charge is 0.347 e. The highest BCUT2D eigenvalue weighted by Crippen LogP contribution is 2.41. The number of hydrogen-bond donors (Lipinski definition) is 2. The Morgan fingerprint density at radius 1 is 0.787 bits per heavy atom. The minimum absolute atomic E-state index is 0.0198. The van der Waals surface area contributed by atoms with Crippen LogP contribution in [-0.2, 0) is 19.9 Å². The monoisotopic (exact) mass is 695 g/mol. The number of nitrogens with one attached hydrogen (secondary N) is 1. The highest BCUT2D eigenvalue weighted by Gasteiger charge is 2.29. The molecule has 0 heterocycles. The number of esters is 1. The van der Waals surface area contributed by atoms with Gasteiger partial charge in [-0.1, -0.05) is 0 Å². The van der Waals surface area contributed by atoms with Crippen LogP contribution in [0.25, 0.3) is 0 Å². The number of carboxylic acid groups (broad SMARTS) is 1. The quantitative estimate of drug-likeness (QED) is 0.143. The molecule has 3 rings (SSSR count). The third kappa shape index (κ3) is 7.52. The van der Waals surface area contributed by atoms with E-state index in [0.717, 1.165) is 24.5 Å². The average molecular weight is 696 g/mol. The van der Waals surface area contributed by atoms with E-state index in [9.17, 15) is 35.9 Å². The van der Waals surface area contributed by atoms with E-state index in [1.807, 2.05) is 0 Å². The number of benzene rings is 3. The van der Waals surface area contributed by atoms with Crippen LogP contribution in [0.1, 0.15) is 60.5 Å². The highest BCUT2D eigenvalue weighted by atomic mass is 32.2. The average Bonchev–Trinajstić information content (AvgIpc) is 2.99. The molecule has 0 aliphatic rings. The molecule has 0 saturated heterocycles. The summed E-state index contributed by atoms with van der Waals surface area (Å²) in [5.41, 5.74) is 2.93. The summed E-state index contributed by atoms with van der Waals surface area (Å²) < 4.78 is 88.1. The first kappa shape index (κ1) is 37.2. The molecule has 256 valence electrons. The largest absolute Gasteiger partial charge is 0.495 e. The van der Waals surface area contributed by atoms with Crippen LogP contribution in [-0.4, -0.2) is 67.5 Å². The topological polar surface area (TPSA) is 172 Å². The maximum atomic E-state index is 13.9. The van der Waals surface area contributed by atoms with Crippen molar-refractivity contribution < 1.29 is 54.9 Å². The van der Waals surface area contributed by atoms with Crippen molar-refractivity contribution in [1.82, 2.24) is 4.72 Å². The summed E-state index contributed by atoms with van der Waals surface area (Å²) >= 11 is 0. The van der Waals surface area contributed by atoms with Crippen LogP contribution in [0.4, 0.5) is 4.39 Å². The maximum Gasteiger partial charge on any atom is 0.347 e. The number of carbonyl (C=O) groups is 2. The first-order valence-electron chi connectivity index (χ1n) is 14.2. The summed E-state index contributed by atoms with van der Waals surface area (Å²) in [5.74, 6) is -2.08. The van der Waals surface area contributed by atoms with E-state index in [1.165, 1.54) is 14.2 Å². The minimum atomic E-state index is -4.14. The van der Waals surface area contributed by atoms with E-state index >= 15 is 0 Å². The van der Waals surface area contributed by atoms with Crippen molar-refractivity contribution in [2.45, 2.75) is 57.8 Å². The van der Waals surface area contributed by atoms with Crippen molar-refractivity contribution in [3.05, 3.63) is 68.5 Å². The molecule has 0 saturated carbocycles. The first-order chi connectivity index (χ1) is 21.8. The van der Waals surface area contributed by atoms with Crippen LogP contribution >= 0.6 is 0 Å². The molecule has 0 aromatic heterocycles. The van der Waals surface area contributed by atoms with Crippen LogP contribution in [0.15, 0.2) is 28.0 Å². The summed E-state index contributed by atoms with van der Waals surface area (Å²) in [5, 5.41) is 9.71. The Balaban J connectivity index is 1.82. The van der Waals surface area contributed by atoms with Gasteiger partial charge in [0.25, 0.3) is 0 Å².